The van der Waals surface area contributed by atoms with Crippen molar-refractivity contribution in [2.45, 2.75) is 109 Å². The van der Waals surface area contributed by atoms with Crippen molar-refractivity contribution in [1.82, 2.24) is 4.31 Å². The summed E-state index contributed by atoms with van der Waals surface area (Å²) in [5.74, 6) is 1.75. The second-order valence-corrected chi connectivity index (χ2v) is 22.9. The van der Waals surface area contributed by atoms with E-state index in [0.29, 0.717) is 54.5 Å². The molecule has 0 bridgehead atoms. The van der Waals surface area contributed by atoms with Crippen LogP contribution in [0, 0.1) is 29.5 Å². The van der Waals surface area contributed by atoms with Gasteiger partial charge in [0.25, 0.3) is 0 Å². The molecule has 360 valence electrons. The predicted octanol–water partition coefficient (Wildman–Crippen LogP) is 11.0. The number of halogens is 2. The van der Waals surface area contributed by atoms with Crippen molar-refractivity contribution in [3.05, 3.63) is 129 Å². The first-order valence-electron chi connectivity index (χ1n) is 23.6. The molecule has 4 aromatic carbocycles. The summed E-state index contributed by atoms with van der Waals surface area (Å²) in [7, 11) is 1.23. The molecular formula is C54H66ClFN2O8S. The first-order valence-corrected chi connectivity index (χ1v) is 25.5. The SMILES string of the molecule is COc1ccc(CN(Cc2ccc(OC)cc2)S(=O)(=O)[C@H](C)[C@@H](C)[C@@H]2C=C([C@H](OC)[C@@H]3CC[C@H]3CN3C[C@@]4(CCCc5c4ccc(Cl)c5F)COc4ccc(C(=O)OC(C)(C)C)cc43)C2)cc1. The molecule has 3 aliphatic carbocycles. The van der Waals surface area contributed by atoms with Gasteiger partial charge in [0.1, 0.15) is 28.7 Å². The Bertz CT molecular complexity index is 2510. The van der Waals surface area contributed by atoms with E-state index in [1.54, 1.807) is 37.8 Å². The lowest BCUT2D eigenvalue weighted by molar-refractivity contribution is -0.000503. The van der Waals surface area contributed by atoms with E-state index in [9.17, 15) is 13.2 Å². The number of fused-ring (bicyclic) bond motifs is 3. The van der Waals surface area contributed by atoms with E-state index in [0.717, 1.165) is 54.5 Å². The van der Waals surface area contributed by atoms with Crippen LogP contribution in [0.3, 0.4) is 0 Å². The first kappa shape index (κ1) is 48.8. The molecule has 0 unspecified atom stereocenters. The molecule has 67 heavy (non-hydrogen) atoms. The minimum atomic E-state index is -3.77. The number of hydrogen-bond acceptors (Lipinski definition) is 9. The Morgan fingerprint density at radius 3 is 2.15 bits per heavy atom. The minimum absolute atomic E-state index is 0.0702. The molecule has 7 atom stereocenters. The number of anilines is 1. The van der Waals surface area contributed by atoms with Crippen LogP contribution >= 0.6 is 11.6 Å². The molecule has 1 saturated carbocycles. The molecule has 1 spiro atoms. The number of carbonyl (C=O) groups is 1. The van der Waals surface area contributed by atoms with Crippen LogP contribution < -0.4 is 19.1 Å². The number of allylic oxidation sites excluding steroid dienone is 1. The summed E-state index contributed by atoms with van der Waals surface area (Å²) in [4.78, 5) is 15.8. The molecule has 0 amide bonds. The van der Waals surface area contributed by atoms with Crippen LogP contribution in [0.4, 0.5) is 10.1 Å². The Morgan fingerprint density at radius 2 is 1.58 bits per heavy atom. The van der Waals surface area contributed by atoms with Gasteiger partial charge in [-0.3, -0.25) is 0 Å². The number of benzene rings is 4. The maximum atomic E-state index is 15.7. The summed E-state index contributed by atoms with van der Waals surface area (Å²) in [6.07, 6.45) is 7.12. The molecule has 0 aromatic heterocycles. The maximum Gasteiger partial charge on any atom is 0.338 e. The number of nitrogens with zero attached hydrogens (tertiary/aromatic N) is 2. The second kappa shape index (κ2) is 19.8. The summed E-state index contributed by atoms with van der Waals surface area (Å²) >= 11 is 6.33. The summed E-state index contributed by atoms with van der Waals surface area (Å²) < 4.78 is 76.1. The van der Waals surface area contributed by atoms with E-state index >= 15 is 4.39 Å². The van der Waals surface area contributed by atoms with Gasteiger partial charge in [-0.25, -0.2) is 17.6 Å². The van der Waals surface area contributed by atoms with Crippen LogP contribution in [-0.2, 0) is 44.4 Å². The van der Waals surface area contributed by atoms with Crippen LogP contribution in [0.15, 0.2) is 90.5 Å². The molecular weight excluding hydrogens is 891 g/mol. The van der Waals surface area contributed by atoms with Crippen LogP contribution in [0.25, 0.3) is 0 Å². The number of methoxy groups -OCH3 is 3. The van der Waals surface area contributed by atoms with Gasteiger partial charge in [0.2, 0.25) is 10.0 Å². The third-order valence-electron chi connectivity index (χ3n) is 14.9. The number of hydrogen-bond donors (Lipinski definition) is 0. The van der Waals surface area contributed by atoms with Crippen LogP contribution in [0.5, 0.6) is 17.2 Å². The predicted molar refractivity (Wildman–Crippen MR) is 261 cm³/mol. The average molecular weight is 958 g/mol. The lowest BCUT2D eigenvalue weighted by Crippen LogP contribution is -2.50. The molecule has 0 N–H and O–H groups in total. The van der Waals surface area contributed by atoms with Crippen LogP contribution in [0.2, 0.25) is 5.02 Å². The molecule has 10 nitrogen and oxygen atoms in total. The first-order chi connectivity index (χ1) is 31.9. The molecule has 4 aromatic rings. The van der Waals surface area contributed by atoms with Gasteiger partial charge in [0.15, 0.2) is 0 Å². The summed E-state index contributed by atoms with van der Waals surface area (Å²) in [6.45, 7) is 11.6. The van der Waals surface area contributed by atoms with E-state index in [-0.39, 0.29) is 53.7 Å². The van der Waals surface area contributed by atoms with Gasteiger partial charge < -0.3 is 28.6 Å². The van der Waals surface area contributed by atoms with Crippen molar-refractivity contribution in [3.63, 3.8) is 0 Å². The van der Waals surface area contributed by atoms with Gasteiger partial charge in [0.05, 0.1) is 48.5 Å². The van der Waals surface area contributed by atoms with Gasteiger partial charge in [-0.2, -0.15) is 4.31 Å². The third kappa shape index (κ3) is 10.2. The Balaban J connectivity index is 1.01. The molecule has 1 heterocycles. The molecule has 13 heteroatoms. The van der Waals surface area contributed by atoms with Crippen LogP contribution in [0.1, 0.15) is 99.3 Å². The Morgan fingerprint density at radius 1 is 0.940 bits per heavy atom. The van der Waals surface area contributed by atoms with Crippen molar-refractivity contribution < 1.29 is 41.3 Å². The molecule has 1 aliphatic heterocycles. The van der Waals surface area contributed by atoms with E-state index < -0.39 is 32.3 Å². The van der Waals surface area contributed by atoms with Gasteiger partial charge in [-0.1, -0.05) is 54.9 Å². The number of ether oxygens (including phenoxy) is 5. The summed E-state index contributed by atoms with van der Waals surface area (Å²) in [5.41, 5.74) is 4.66. The molecule has 0 radical (unpaired) electrons. The van der Waals surface area contributed by atoms with Crippen molar-refractivity contribution in [1.29, 1.82) is 0 Å². The zero-order chi connectivity index (χ0) is 47.8. The second-order valence-electron chi connectivity index (χ2n) is 20.2. The fourth-order valence-electron chi connectivity index (χ4n) is 10.7. The number of rotatable bonds is 16. The molecule has 1 fully saturated rings. The van der Waals surface area contributed by atoms with Crippen molar-refractivity contribution in [3.8, 4) is 17.2 Å². The minimum Gasteiger partial charge on any atom is -0.497 e. The van der Waals surface area contributed by atoms with Crippen molar-refractivity contribution in [2.24, 2.45) is 23.7 Å². The van der Waals surface area contributed by atoms with Crippen molar-refractivity contribution in [2.75, 3.05) is 45.9 Å². The fraction of sp³-hybridized carbons (Fsp3) is 0.500. The van der Waals surface area contributed by atoms with Gasteiger partial charge in [-0.15, -0.1) is 0 Å². The number of carbonyl (C=O) groups excluding carboxylic acids is 1. The van der Waals surface area contributed by atoms with Gasteiger partial charge >= 0.3 is 5.97 Å². The Hall–Kier alpha value is -4.62. The highest BCUT2D eigenvalue weighted by Gasteiger charge is 2.47. The highest BCUT2D eigenvalue weighted by atomic mass is 35.5. The largest absolute Gasteiger partial charge is 0.497 e. The van der Waals surface area contributed by atoms with E-state index in [4.69, 9.17) is 35.3 Å². The van der Waals surface area contributed by atoms with E-state index in [1.807, 2.05) is 94.4 Å². The van der Waals surface area contributed by atoms with Gasteiger partial charge in [0, 0.05) is 38.7 Å². The third-order valence-corrected chi connectivity index (χ3v) is 17.5. The highest BCUT2D eigenvalue weighted by molar-refractivity contribution is 7.89. The van der Waals surface area contributed by atoms with E-state index in [2.05, 4.69) is 17.9 Å². The highest BCUT2D eigenvalue weighted by Crippen LogP contribution is 2.50. The Kier molecular flexibility index (Phi) is 14.4. The fourth-order valence-corrected chi connectivity index (χ4v) is 12.8. The smallest absolute Gasteiger partial charge is 0.338 e. The quantitative estimate of drug-likeness (QED) is 0.0802. The van der Waals surface area contributed by atoms with Gasteiger partial charge in [-0.05, 0) is 166 Å². The summed E-state index contributed by atoms with van der Waals surface area (Å²) in [5, 5.41) is -0.522. The normalized spacial score (nSPS) is 22.8. The zero-order valence-electron chi connectivity index (χ0n) is 40.1. The lowest BCUT2D eigenvalue weighted by atomic mass is 9.64. The molecule has 4 aliphatic rings. The van der Waals surface area contributed by atoms with Crippen molar-refractivity contribution >= 4 is 33.3 Å². The standard InChI is InChI=1S/C54H66ClFN2O8S/c1-34(35(2)67(60,61)58(29-36-11-17-42(62-6)18-12-36)30-37-13-19-43(63-7)20-14-37)40-26-41(27-40)51(64-8)44-21-15-39(44)31-57-32-54(25-9-10-45-46(54)22-23-47(55)50(45)56)33-65-49-24-16-38(28-48(49)57)52(59)66-53(3,4)5/h11-14,16-20,22-24,26,28,34-35,39-40,44,51H,9-10,15,21,25,27,29-33H2,1-8H3/t34-,35-,39+,40-,44-,51+,54+/m1/s1. The number of esters is 1. The Labute approximate surface area is 401 Å². The molecule has 8 rings (SSSR count). The average Bonchev–Trinajstić information content (AvgIpc) is 3.44. The number of sulfonamides is 1. The molecule has 0 saturated heterocycles. The van der Waals surface area contributed by atoms with Crippen LogP contribution in [-0.4, -0.2) is 76.7 Å². The maximum absolute atomic E-state index is 15.7. The zero-order valence-corrected chi connectivity index (χ0v) is 41.7. The monoisotopic (exact) mass is 956 g/mol. The topological polar surface area (TPSA) is 104 Å². The van der Waals surface area contributed by atoms with E-state index in [1.165, 1.54) is 5.57 Å². The lowest BCUT2D eigenvalue weighted by Gasteiger charge is -2.48. The summed E-state index contributed by atoms with van der Waals surface area (Å²) in [6, 6.07) is 24.2.